The first kappa shape index (κ1) is 33.7. The summed E-state index contributed by atoms with van der Waals surface area (Å²) >= 11 is 0. The lowest BCUT2D eigenvalue weighted by atomic mass is 10.0. The van der Waals surface area contributed by atoms with Gasteiger partial charge in [-0.3, -0.25) is 9.59 Å². The molecule has 228 valence electrons. The van der Waals surface area contributed by atoms with E-state index in [1.54, 1.807) is 17.4 Å². The molecule has 0 bridgehead atoms. The van der Waals surface area contributed by atoms with Crippen LogP contribution in [-0.4, -0.2) is 53.2 Å². The molecule has 9 nitrogen and oxygen atoms in total. The highest BCUT2D eigenvalue weighted by molar-refractivity contribution is 5.84. The van der Waals surface area contributed by atoms with E-state index in [0.29, 0.717) is 24.8 Å². The summed E-state index contributed by atoms with van der Waals surface area (Å²) in [6.07, 6.45) is 1.95. The Labute approximate surface area is 235 Å². The summed E-state index contributed by atoms with van der Waals surface area (Å²) in [6.45, 7) is -2.07. The van der Waals surface area contributed by atoms with E-state index in [2.05, 4.69) is 14.8 Å². The van der Waals surface area contributed by atoms with Crippen molar-refractivity contribution in [1.29, 1.82) is 0 Å². The largest absolute Gasteiger partial charge is 0.423 e. The Balaban J connectivity index is 0.000000428. The molecule has 0 unspecified atom stereocenters. The Morgan fingerprint density at radius 1 is 1.07 bits per heavy atom. The number of pyridine rings is 1. The normalized spacial score (nSPS) is 11.5. The standard InChI is InChI=1S/C21H23F4N3O2.C5H4F3N3O/c1-28(8-3-2-4-10-30-21(24)25)9-7-14-11-16(18(23)12-15(14)13-29)19-6-5-17(22)20(26)27-19;6-5(7,8)3-2(9)1-10-11-4(3)12/h5-7,9,11-13,21H,2-4,8,10H2,1H3,(H2,26,27);1H,(H3,9,11,12)/b9-7-;. The first-order valence-corrected chi connectivity index (χ1v) is 12.1. The topological polar surface area (TPSA) is 140 Å². The van der Waals surface area contributed by atoms with Gasteiger partial charge in [0.05, 0.1) is 24.2 Å². The number of nitrogens with zero attached hydrogens (tertiary/aromatic N) is 3. The van der Waals surface area contributed by atoms with E-state index < -0.39 is 41.2 Å². The molecular formula is C26H27F7N6O3. The highest BCUT2D eigenvalue weighted by atomic mass is 19.4. The van der Waals surface area contributed by atoms with Gasteiger partial charge >= 0.3 is 12.8 Å². The molecule has 2 aromatic heterocycles. The number of aromatic nitrogens is 3. The van der Waals surface area contributed by atoms with Crippen LogP contribution in [0.4, 0.5) is 42.2 Å². The molecule has 0 atom stereocenters. The molecule has 16 heteroatoms. The van der Waals surface area contributed by atoms with Crippen LogP contribution >= 0.6 is 0 Å². The summed E-state index contributed by atoms with van der Waals surface area (Å²) in [5.74, 6) is -1.72. The molecule has 3 aromatic rings. The number of nitrogens with one attached hydrogen (secondary N) is 1. The van der Waals surface area contributed by atoms with Gasteiger partial charge in [-0.2, -0.15) is 27.1 Å². The highest BCUT2D eigenvalue weighted by Crippen LogP contribution is 2.29. The molecule has 0 aliphatic heterocycles. The first-order valence-electron chi connectivity index (χ1n) is 12.1. The van der Waals surface area contributed by atoms with Crippen molar-refractivity contribution in [2.45, 2.75) is 32.1 Å². The van der Waals surface area contributed by atoms with Crippen molar-refractivity contribution in [3.05, 3.63) is 75.3 Å². The summed E-state index contributed by atoms with van der Waals surface area (Å²) in [4.78, 5) is 27.6. The molecular weight excluding hydrogens is 577 g/mol. The second-order valence-corrected chi connectivity index (χ2v) is 8.66. The summed E-state index contributed by atoms with van der Waals surface area (Å²) in [5, 5.41) is 4.74. The molecule has 0 aliphatic rings. The van der Waals surface area contributed by atoms with Crippen molar-refractivity contribution in [3.8, 4) is 11.3 Å². The number of nitrogens with two attached hydrogens (primary N) is 2. The number of carbonyl (C=O) groups excluding carboxylic acids is 1. The molecule has 0 spiro atoms. The number of carbonyl (C=O) groups is 1. The van der Waals surface area contributed by atoms with Gasteiger partial charge in [0.1, 0.15) is 11.4 Å². The third-order valence-electron chi connectivity index (χ3n) is 5.53. The first-order chi connectivity index (χ1) is 19.7. The average molecular weight is 605 g/mol. The summed E-state index contributed by atoms with van der Waals surface area (Å²) in [7, 11) is 1.82. The van der Waals surface area contributed by atoms with Crippen LogP contribution < -0.4 is 17.0 Å². The third kappa shape index (κ3) is 10.2. The van der Waals surface area contributed by atoms with Crippen molar-refractivity contribution in [2.75, 3.05) is 31.7 Å². The van der Waals surface area contributed by atoms with E-state index in [1.807, 2.05) is 11.9 Å². The predicted octanol–water partition coefficient (Wildman–Crippen LogP) is 5.10. The fourth-order valence-electron chi connectivity index (χ4n) is 3.45. The van der Waals surface area contributed by atoms with Crippen molar-refractivity contribution in [3.63, 3.8) is 0 Å². The molecule has 0 fully saturated rings. The second kappa shape index (κ2) is 15.5. The van der Waals surface area contributed by atoms with Crippen LogP contribution in [0.5, 0.6) is 0 Å². The number of rotatable bonds is 11. The lowest BCUT2D eigenvalue weighted by Gasteiger charge is -2.14. The zero-order valence-corrected chi connectivity index (χ0v) is 22.1. The van der Waals surface area contributed by atoms with Crippen molar-refractivity contribution >= 4 is 23.9 Å². The number of H-pyrrole nitrogens is 1. The molecule has 0 aliphatic carbocycles. The second-order valence-electron chi connectivity index (χ2n) is 8.66. The predicted molar refractivity (Wildman–Crippen MR) is 141 cm³/mol. The van der Waals surface area contributed by atoms with Crippen molar-refractivity contribution < 1.29 is 40.3 Å². The highest BCUT2D eigenvalue weighted by Gasteiger charge is 2.36. The molecule has 3 rings (SSSR count). The van der Waals surface area contributed by atoms with Gasteiger partial charge in [-0.25, -0.2) is 18.9 Å². The fraction of sp³-hybridized carbons (Fsp3) is 0.308. The Hall–Kier alpha value is -4.47. The van der Waals surface area contributed by atoms with E-state index in [9.17, 15) is 40.3 Å². The number of alkyl halides is 5. The molecule has 0 saturated heterocycles. The minimum atomic E-state index is -4.74. The molecule has 42 heavy (non-hydrogen) atoms. The van der Waals surface area contributed by atoms with Crippen LogP contribution in [0.15, 0.2) is 41.5 Å². The number of hydrogen-bond donors (Lipinski definition) is 3. The molecule has 0 amide bonds. The van der Waals surface area contributed by atoms with E-state index in [0.717, 1.165) is 31.2 Å². The van der Waals surface area contributed by atoms with Gasteiger partial charge in [0.25, 0.3) is 5.56 Å². The molecule has 1 aromatic carbocycles. The lowest BCUT2D eigenvalue weighted by molar-refractivity contribution is -0.138. The van der Waals surface area contributed by atoms with Crippen LogP contribution in [0, 0.1) is 11.6 Å². The van der Waals surface area contributed by atoms with Gasteiger partial charge < -0.3 is 21.1 Å². The number of halogens is 7. The quantitative estimate of drug-likeness (QED) is 0.156. The van der Waals surface area contributed by atoms with E-state index in [1.165, 1.54) is 12.1 Å². The zero-order chi connectivity index (χ0) is 31.4. The number of ether oxygens (including phenoxy) is 1. The maximum Gasteiger partial charge on any atom is 0.423 e. The lowest BCUT2D eigenvalue weighted by Crippen LogP contribution is -2.24. The van der Waals surface area contributed by atoms with Crippen LogP contribution in [-0.2, 0) is 10.9 Å². The minimum absolute atomic E-state index is 0.0141. The Morgan fingerprint density at radius 2 is 1.79 bits per heavy atom. The van der Waals surface area contributed by atoms with Gasteiger partial charge in [0.15, 0.2) is 17.9 Å². The Bertz CT molecular complexity index is 1430. The number of anilines is 2. The van der Waals surface area contributed by atoms with E-state index >= 15 is 0 Å². The van der Waals surface area contributed by atoms with Crippen LogP contribution in [0.25, 0.3) is 17.3 Å². The minimum Gasteiger partial charge on any atom is -0.397 e. The maximum absolute atomic E-state index is 14.4. The van der Waals surface area contributed by atoms with Crippen molar-refractivity contribution in [1.82, 2.24) is 20.1 Å². The molecule has 5 N–H and O–H groups in total. The van der Waals surface area contributed by atoms with E-state index in [4.69, 9.17) is 11.5 Å². The number of nitrogen functional groups attached to an aromatic ring is 2. The molecule has 0 radical (unpaired) electrons. The number of benzene rings is 1. The number of unbranched alkanes of at least 4 members (excludes halogenated alkanes) is 2. The van der Waals surface area contributed by atoms with Gasteiger partial charge in [0.2, 0.25) is 0 Å². The Kier molecular flexibility index (Phi) is 12.5. The van der Waals surface area contributed by atoms with Crippen LogP contribution in [0.3, 0.4) is 0 Å². The smallest absolute Gasteiger partial charge is 0.397 e. The zero-order valence-electron chi connectivity index (χ0n) is 22.1. The van der Waals surface area contributed by atoms with Gasteiger partial charge in [-0.05, 0) is 61.4 Å². The third-order valence-corrected chi connectivity index (χ3v) is 5.53. The number of aromatic amines is 1. The summed E-state index contributed by atoms with van der Waals surface area (Å²) in [5.41, 5.74) is 7.81. The van der Waals surface area contributed by atoms with Crippen molar-refractivity contribution in [2.24, 2.45) is 0 Å². The Morgan fingerprint density at radius 3 is 2.36 bits per heavy atom. The van der Waals surface area contributed by atoms with Crippen LogP contribution in [0.1, 0.15) is 40.7 Å². The van der Waals surface area contributed by atoms with Gasteiger partial charge in [0, 0.05) is 24.7 Å². The summed E-state index contributed by atoms with van der Waals surface area (Å²) in [6, 6.07) is 4.94. The van der Waals surface area contributed by atoms with E-state index in [-0.39, 0.29) is 29.2 Å². The SMILES string of the molecule is CN(/C=C\c1cc(-c2ccc(F)c(N)n2)c(F)cc1C=O)CCCCCOC(F)F.Nc1cn[nH]c(=O)c1C(F)(F)F. The average Bonchev–Trinajstić information content (AvgIpc) is 2.90. The van der Waals surface area contributed by atoms with Gasteiger partial charge in [-0.1, -0.05) is 0 Å². The number of hydrogen-bond acceptors (Lipinski definition) is 8. The monoisotopic (exact) mass is 604 g/mol. The van der Waals surface area contributed by atoms with Crippen LogP contribution in [0.2, 0.25) is 0 Å². The fourth-order valence-corrected chi connectivity index (χ4v) is 3.45. The summed E-state index contributed by atoms with van der Waals surface area (Å²) < 4.78 is 91.7. The maximum atomic E-state index is 14.4. The molecule has 2 heterocycles. The number of aldehydes is 1. The van der Waals surface area contributed by atoms with Gasteiger partial charge in [-0.15, -0.1) is 0 Å². The molecule has 0 saturated carbocycles.